The van der Waals surface area contributed by atoms with E-state index in [4.69, 9.17) is 9.47 Å². The smallest absolute Gasteiger partial charge is 0.0972 e. The van der Waals surface area contributed by atoms with Gasteiger partial charge in [-0.3, -0.25) is 0 Å². The maximum absolute atomic E-state index is 5.42. The van der Waals surface area contributed by atoms with Crippen LogP contribution in [-0.2, 0) is 9.47 Å². The lowest BCUT2D eigenvalue weighted by molar-refractivity contribution is -0.0232. The van der Waals surface area contributed by atoms with Crippen molar-refractivity contribution in [3.05, 3.63) is 0 Å². The molecule has 1 N–H and O–H groups in total. The summed E-state index contributed by atoms with van der Waals surface area (Å²) in [5, 5.41) is 3.21. The molecule has 2 atom stereocenters. The van der Waals surface area contributed by atoms with E-state index in [1.165, 1.54) is 0 Å². The molecule has 0 unspecified atom stereocenters. The molecule has 0 aromatic carbocycles. The Balaban J connectivity index is 2.27. The first-order valence-corrected chi connectivity index (χ1v) is 3.73. The molecule has 1 heterocycles. The lowest BCUT2D eigenvalue weighted by atomic mass is 10.2. The van der Waals surface area contributed by atoms with Gasteiger partial charge in [-0.05, 0) is 6.92 Å². The minimum Gasteiger partial charge on any atom is -0.377 e. The van der Waals surface area contributed by atoms with E-state index in [0.717, 1.165) is 19.7 Å². The summed E-state index contributed by atoms with van der Waals surface area (Å²) in [5.41, 5.74) is 0. The molecule has 1 aliphatic heterocycles. The van der Waals surface area contributed by atoms with Gasteiger partial charge in [0, 0.05) is 26.8 Å². The average molecular weight is 145 g/mol. The molecule has 1 aliphatic rings. The van der Waals surface area contributed by atoms with E-state index < -0.39 is 0 Å². The molecule has 3 nitrogen and oxygen atoms in total. The predicted molar refractivity (Wildman–Crippen MR) is 39.1 cm³/mol. The third-order valence-corrected chi connectivity index (χ3v) is 1.79. The van der Waals surface area contributed by atoms with E-state index in [1.807, 2.05) is 6.92 Å². The number of methoxy groups -OCH3 is 1. The lowest BCUT2D eigenvalue weighted by Crippen LogP contribution is -2.28. The van der Waals surface area contributed by atoms with E-state index in [-0.39, 0.29) is 12.2 Å². The quantitative estimate of drug-likeness (QED) is 0.607. The standard InChI is InChI=1S/C7H15NO2/c1-3-10-7-5-8-4-6(7)9-2/h6-8H,3-5H2,1-2H3/t6-,7-/m1/s1. The van der Waals surface area contributed by atoms with Crippen molar-refractivity contribution in [3.63, 3.8) is 0 Å². The monoisotopic (exact) mass is 145 g/mol. The van der Waals surface area contributed by atoms with E-state index in [2.05, 4.69) is 5.32 Å². The first kappa shape index (κ1) is 7.98. The molecule has 1 rings (SSSR count). The Labute approximate surface area is 61.7 Å². The molecule has 1 saturated heterocycles. The summed E-state index contributed by atoms with van der Waals surface area (Å²) in [6.45, 7) is 4.62. The van der Waals surface area contributed by atoms with Gasteiger partial charge in [0.1, 0.15) is 0 Å². The van der Waals surface area contributed by atoms with Crippen LogP contribution in [0.25, 0.3) is 0 Å². The summed E-state index contributed by atoms with van der Waals surface area (Å²) in [6.07, 6.45) is 0.509. The summed E-state index contributed by atoms with van der Waals surface area (Å²) in [4.78, 5) is 0. The van der Waals surface area contributed by atoms with Gasteiger partial charge in [-0.15, -0.1) is 0 Å². The maximum Gasteiger partial charge on any atom is 0.0972 e. The molecule has 0 saturated carbocycles. The van der Waals surface area contributed by atoms with Gasteiger partial charge in [-0.1, -0.05) is 0 Å². The minimum absolute atomic E-state index is 0.250. The Morgan fingerprint density at radius 1 is 1.40 bits per heavy atom. The van der Waals surface area contributed by atoms with Gasteiger partial charge < -0.3 is 14.8 Å². The molecular formula is C7H15NO2. The molecule has 0 aromatic heterocycles. The topological polar surface area (TPSA) is 30.5 Å². The third kappa shape index (κ3) is 1.68. The van der Waals surface area contributed by atoms with E-state index in [1.54, 1.807) is 7.11 Å². The van der Waals surface area contributed by atoms with E-state index in [0.29, 0.717) is 0 Å². The summed E-state index contributed by atoms with van der Waals surface area (Å²) in [6, 6.07) is 0. The van der Waals surface area contributed by atoms with E-state index >= 15 is 0 Å². The van der Waals surface area contributed by atoms with Gasteiger partial charge in [-0.25, -0.2) is 0 Å². The van der Waals surface area contributed by atoms with Gasteiger partial charge in [0.25, 0.3) is 0 Å². The highest BCUT2D eigenvalue weighted by Crippen LogP contribution is 2.07. The fourth-order valence-electron chi connectivity index (χ4n) is 1.25. The summed E-state index contributed by atoms with van der Waals surface area (Å²) in [5.74, 6) is 0. The van der Waals surface area contributed by atoms with Crippen molar-refractivity contribution < 1.29 is 9.47 Å². The Hall–Kier alpha value is -0.120. The molecule has 0 bridgehead atoms. The van der Waals surface area contributed by atoms with Crippen molar-refractivity contribution in [2.75, 3.05) is 26.8 Å². The van der Waals surface area contributed by atoms with Crippen LogP contribution >= 0.6 is 0 Å². The summed E-state index contributed by atoms with van der Waals surface area (Å²) >= 11 is 0. The molecule has 60 valence electrons. The average Bonchev–Trinajstić information content (AvgIpc) is 2.36. The normalized spacial score (nSPS) is 33.0. The number of nitrogens with one attached hydrogen (secondary N) is 1. The Morgan fingerprint density at radius 2 is 2.10 bits per heavy atom. The molecule has 0 amide bonds. The van der Waals surface area contributed by atoms with Crippen LogP contribution in [0, 0.1) is 0 Å². The first-order chi connectivity index (χ1) is 4.88. The Morgan fingerprint density at radius 3 is 2.70 bits per heavy atom. The molecular weight excluding hydrogens is 130 g/mol. The van der Waals surface area contributed by atoms with Gasteiger partial charge in [0.15, 0.2) is 0 Å². The van der Waals surface area contributed by atoms with Gasteiger partial charge in [0.05, 0.1) is 12.2 Å². The van der Waals surface area contributed by atoms with E-state index in [9.17, 15) is 0 Å². The number of rotatable bonds is 3. The number of ether oxygens (including phenoxy) is 2. The second-order valence-electron chi connectivity index (χ2n) is 2.43. The van der Waals surface area contributed by atoms with Crippen LogP contribution in [0.4, 0.5) is 0 Å². The van der Waals surface area contributed by atoms with Crippen molar-refractivity contribution in [1.29, 1.82) is 0 Å². The van der Waals surface area contributed by atoms with Crippen LogP contribution in [0.15, 0.2) is 0 Å². The fourth-order valence-corrected chi connectivity index (χ4v) is 1.25. The van der Waals surface area contributed by atoms with Crippen LogP contribution in [0.3, 0.4) is 0 Å². The highest BCUT2D eigenvalue weighted by Gasteiger charge is 2.26. The van der Waals surface area contributed by atoms with Crippen LogP contribution < -0.4 is 5.32 Å². The zero-order valence-corrected chi connectivity index (χ0v) is 6.59. The lowest BCUT2D eigenvalue weighted by Gasteiger charge is -2.16. The predicted octanol–water partition coefficient (Wildman–Crippen LogP) is 0.00970. The Kier molecular flexibility index (Phi) is 3.12. The van der Waals surface area contributed by atoms with Crippen LogP contribution in [0.1, 0.15) is 6.92 Å². The van der Waals surface area contributed by atoms with Crippen molar-refractivity contribution >= 4 is 0 Å². The maximum atomic E-state index is 5.42. The minimum atomic E-state index is 0.250. The first-order valence-electron chi connectivity index (χ1n) is 3.73. The van der Waals surface area contributed by atoms with Crippen molar-refractivity contribution in [2.24, 2.45) is 0 Å². The zero-order valence-electron chi connectivity index (χ0n) is 6.59. The highest BCUT2D eigenvalue weighted by atomic mass is 16.5. The van der Waals surface area contributed by atoms with Crippen LogP contribution in [0.5, 0.6) is 0 Å². The zero-order chi connectivity index (χ0) is 7.40. The molecule has 0 aliphatic carbocycles. The molecule has 0 spiro atoms. The SMILES string of the molecule is CCO[C@@H]1CNC[C@H]1OC. The molecule has 1 fully saturated rings. The second-order valence-corrected chi connectivity index (χ2v) is 2.43. The third-order valence-electron chi connectivity index (χ3n) is 1.79. The largest absolute Gasteiger partial charge is 0.377 e. The molecule has 10 heavy (non-hydrogen) atoms. The van der Waals surface area contributed by atoms with Crippen molar-refractivity contribution in [1.82, 2.24) is 5.32 Å². The van der Waals surface area contributed by atoms with Crippen molar-refractivity contribution in [3.8, 4) is 0 Å². The molecule has 0 radical (unpaired) electrons. The summed E-state index contributed by atoms with van der Waals surface area (Å²) < 4.78 is 10.6. The van der Waals surface area contributed by atoms with Crippen LogP contribution in [0.2, 0.25) is 0 Å². The Bertz CT molecular complexity index is 97.6. The molecule has 3 heteroatoms. The van der Waals surface area contributed by atoms with Crippen molar-refractivity contribution in [2.45, 2.75) is 19.1 Å². The van der Waals surface area contributed by atoms with Gasteiger partial charge in [0.2, 0.25) is 0 Å². The van der Waals surface area contributed by atoms with Gasteiger partial charge in [-0.2, -0.15) is 0 Å². The number of hydrogen-bond acceptors (Lipinski definition) is 3. The number of hydrogen-bond donors (Lipinski definition) is 1. The molecule has 0 aromatic rings. The van der Waals surface area contributed by atoms with Crippen LogP contribution in [-0.4, -0.2) is 39.0 Å². The second kappa shape index (κ2) is 3.91. The fraction of sp³-hybridized carbons (Fsp3) is 1.00. The highest BCUT2D eigenvalue weighted by molar-refractivity contribution is 4.82. The van der Waals surface area contributed by atoms with Gasteiger partial charge >= 0.3 is 0 Å². The summed E-state index contributed by atoms with van der Waals surface area (Å²) in [7, 11) is 1.73.